The van der Waals surface area contributed by atoms with Crippen LogP contribution in [-0.4, -0.2) is 4.57 Å². The van der Waals surface area contributed by atoms with Gasteiger partial charge in [0.25, 0.3) is 0 Å². The first kappa shape index (κ1) is 36.7. The highest BCUT2D eigenvalue weighted by Gasteiger charge is 2.24. The van der Waals surface area contributed by atoms with Crippen molar-refractivity contribution in [2.75, 3.05) is 4.90 Å². The predicted octanol–water partition coefficient (Wildman–Crippen LogP) is 14.9. The van der Waals surface area contributed by atoms with Crippen molar-refractivity contribution in [3.05, 3.63) is 235 Å². The second-order valence-electron chi connectivity index (χ2n) is 17.6. The number of hydrogen-bond acceptors (Lipinski definition) is 1. The number of allylic oxidation sites excluding steroid dienone is 3. The zero-order valence-corrected chi connectivity index (χ0v) is 35.4. The Morgan fingerprint density at radius 1 is 0.453 bits per heavy atom. The monoisotopic (exact) mass is 816 g/mol. The quantitative estimate of drug-likeness (QED) is 0.152. The first-order valence-electron chi connectivity index (χ1n) is 22.6. The number of rotatable bonds is 6. The number of hydrogen-bond donors (Lipinski definition) is 0. The van der Waals surface area contributed by atoms with Gasteiger partial charge in [-0.3, -0.25) is 0 Å². The van der Waals surface area contributed by atoms with Gasteiger partial charge in [0, 0.05) is 38.9 Å². The van der Waals surface area contributed by atoms with E-state index in [2.05, 4.69) is 240 Å². The maximum absolute atomic E-state index is 2.53. The maximum Gasteiger partial charge on any atom is 0.0619 e. The van der Waals surface area contributed by atoms with Crippen LogP contribution in [0.25, 0.3) is 93.9 Å². The van der Waals surface area contributed by atoms with Gasteiger partial charge < -0.3 is 9.47 Å². The van der Waals surface area contributed by atoms with Crippen molar-refractivity contribution in [3.8, 4) is 16.8 Å². The number of para-hydroxylation sites is 1. The molecule has 302 valence electrons. The van der Waals surface area contributed by atoms with Gasteiger partial charge in [0.2, 0.25) is 0 Å². The van der Waals surface area contributed by atoms with E-state index in [4.69, 9.17) is 0 Å². The molecule has 0 N–H and O–H groups in total. The molecule has 0 bridgehead atoms. The Bertz CT molecular complexity index is 3870. The minimum Gasteiger partial charge on any atom is -0.311 e. The summed E-state index contributed by atoms with van der Waals surface area (Å²) in [6, 6.07) is 73.8. The number of benzene rings is 10. The molecule has 11 aromatic rings. The molecule has 0 aliphatic heterocycles. The summed E-state index contributed by atoms with van der Waals surface area (Å²) in [5.41, 5.74) is 9.51. The molecule has 2 aliphatic carbocycles. The molecule has 2 heteroatoms. The van der Waals surface area contributed by atoms with Gasteiger partial charge in [-0.2, -0.15) is 0 Å². The third-order valence-corrected chi connectivity index (χ3v) is 14.0. The topological polar surface area (TPSA) is 8.17 Å². The predicted molar refractivity (Wildman–Crippen MR) is 273 cm³/mol. The van der Waals surface area contributed by atoms with Crippen LogP contribution in [0.4, 0.5) is 11.4 Å². The average Bonchev–Trinajstić information content (AvgIpc) is 3.72. The molecule has 0 saturated carbocycles. The van der Waals surface area contributed by atoms with Crippen LogP contribution in [0.3, 0.4) is 0 Å². The molecule has 10 aromatic carbocycles. The van der Waals surface area contributed by atoms with E-state index in [-0.39, 0.29) is 0 Å². The van der Waals surface area contributed by atoms with Crippen LogP contribution >= 0.6 is 0 Å². The van der Waals surface area contributed by atoms with Crippen LogP contribution in [0.2, 0.25) is 0 Å². The maximum atomic E-state index is 2.53. The summed E-state index contributed by atoms with van der Waals surface area (Å²) in [6.07, 6.45) is 14.4. The van der Waals surface area contributed by atoms with Gasteiger partial charge in [-0.15, -0.1) is 0 Å². The smallest absolute Gasteiger partial charge is 0.0619 e. The van der Waals surface area contributed by atoms with Gasteiger partial charge in [0.15, 0.2) is 0 Å². The molecule has 0 amide bonds. The van der Waals surface area contributed by atoms with Crippen LogP contribution in [-0.2, 0) is 0 Å². The van der Waals surface area contributed by atoms with Crippen molar-refractivity contribution in [2.45, 2.75) is 12.8 Å². The van der Waals surface area contributed by atoms with Gasteiger partial charge in [-0.05, 0) is 132 Å². The lowest BCUT2D eigenvalue weighted by molar-refractivity contribution is 0.507. The summed E-state index contributed by atoms with van der Waals surface area (Å²) in [5, 5.41) is 15.5. The summed E-state index contributed by atoms with van der Waals surface area (Å²) < 4.78 is 2.46. The van der Waals surface area contributed by atoms with Crippen molar-refractivity contribution in [1.82, 2.24) is 4.57 Å². The Morgan fingerprint density at radius 2 is 1.11 bits per heavy atom. The molecular weight excluding hydrogens is 773 g/mol. The Balaban J connectivity index is 0.945. The highest BCUT2D eigenvalue weighted by atomic mass is 15.1. The Kier molecular flexibility index (Phi) is 8.52. The molecule has 0 fully saturated rings. The van der Waals surface area contributed by atoms with Crippen LogP contribution in [0.1, 0.15) is 12.8 Å². The lowest BCUT2D eigenvalue weighted by Crippen LogP contribution is -2.31. The van der Waals surface area contributed by atoms with Crippen molar-refractivity contribution in [3.63, 3.8) is 0 Å². The largest absolute Gasteiger partial charge is 0.311 e. The highest BCUT2D eigenvalue weighted by molar-refractivity contribution is 6.22. The van der Waals surface area contributed by atoms with E-state index in [1.54, 1.807) is 0 Å². The molecule has 0 saturated heterocycles. The van der Waals surface area contributed by atoms with E-state index in [1.165, 1.54) is 92.2 Å². The summed E-state index contributed by atoms with van der Waals surface area (Å²) in [5.74, 6) is 0.871. The third-order valence-electron chi connectivity index (χ3n) is 14.0. The number of fused-ring (bicyclic) bond motifs is 11. The number of anilines is 2. The van der Waals surface area contributed by atoms with E-state index < -0.39 is 0 Å². The fourth-order valence-corrected chi connectivity index (χ4v) is 11.0. The van der Waals surface area contributed by atoms with E-state index in [9.17, 15) is 0 Å². The number of nitrogens with zero attached hydrogens (tertiary/aromatic N) is 2. The zero-order chi connectivity index (χ0) is 42.1. The number of aromatic nitrogens is 1. The molecule has 1 heterocycles. The van der Waals surface area contributed by atoms with Crippen molar-refractivity contribution in [1.29, 1.82) is 0 Å². The van der Waals surface area contributed by atoms with Crippen molar-refractivity contribution in [2.24, 2.45) is 11.8 Å². The van der Waals surface area contributed by atoms with Crippen LogP contribution in [0.15, 0.2) is 224 Å². The standard InChI is InChI=1S/C62H44N2/c1-2-16-49(17-3-1)64-60-23-11-22-57(61(60)59-36-30-44-14-6-9-21-58(44)62(59)64)46-15-10-18-51(39-46)63(52-34-37-56-48(40-52)27-25-43-13-5-8-20-54(43)56)50-32-28-41(29-33-50)45-31-35-55-47(38-45)26-24-42-12-4-7-19-53(42)55/h1-28,30,32-41,45H,29,31H2. The second-order valence-corrected chi connectivity index (χ2v) is 17.6. The van der Waals surface area contributed by atoms with Crippen LogP contribution < -0.4 is 15.3 Å². The molecule has 2 atom stereocenters. The molecule has 2 aliphatic rings. The van der Waals surface area contributed by atoms with Crippen molar-refractivity contribution < 1.29 is 0 Å². The second kappa shape index (κ2) is 14.9. The SMILES string of the molecule is C1=CC(C2C=c3ccc4ccccc4c3=CC2)CC=C1N(c1cccc(-c2cccc3c2c2ccc4ccccc4c2n3-c2ccccc2)c1)c1ccc2c(ccc3ccccc32)c1. The summed E-state index contributed by atoms with van der Waals surface area (Å²) in [4.78, 5) is 2.48. The molecule has 1 aromatic heterocycles. The Hall–Kier alpha value is -7.94. The van der Waals surface area contributed by atoms with E-state index in [0.717, 1.165) is 29.9 Å². The molecule has 64 heavy (non-hydrogen) atoms. The van der Waals surface area contributed by atoms with Gasteiger partial charge in [0.05, 0.1) is 11.0 Å². The lowest BCUT2D eigenvalue weighted by Gasteiger charge is -2.31. The van der Waals surface area contributed by atoms with Gasteiger partial charge in [-0.25, -0.2) is 0 Å². The Labute approximate surface area is 372 Å². The van der Waals surface area contributed by atoms with E-state index >= 15 is 0 Å². The highest BCUT2D eigenvalue weighted by Crippen LogP contribution is 2.44. The Morgan fingerprint density at radius 3 is 1.95 bits per heavy atom. The van der Waals surface area contributed by atoms with E-state index in [1.807, 2.05) is 0 Å². The minimum absolute atomic E-state index is 0.423. The van der Waals surface area contributed by atoms with Crippen molar-refractivity contribution >= 4 is 88.4 Å². The first-order valence-corrected chi connectivity index (χ1v) is 22.6. The molecule has 13 rings (SSSR count). The van der Waals surface area contributed by atoms with Gasteiger partial charge >= 0.3 is 0 Å². The molecule has 2 unspecified atom stereocenters. The van der Waals surface area contributed by atoms with Crippen LogP contribution in [0, 0.1) is 11.8 Å². The summed E-state index contributed by atoms with van der Waals surface area (Å²) in [6.45, 7) is 0. The minimum atomic E-state index is 0.423. The molecule has 2 nitrogen and oxygen atoms in total. The summed E-state index contributed by atoms with van der Waals surface area (Å²) >= 11 is 0. The molecule has 0 radical (unpaired) electrons. The first-order chi connectivity index (χ1) is 31.7. The lowest BCUT2D eigenvalue weighted by atomic mass is 9.81. The van der Waals surface area contributed by atoms with Gasteiger partial charge in [-0.1, -0.05) is 182 Å². The fourth-order valence-electron chi connectivity index (χ4n) is 11.0. The third kappa shape index (κ3) is 5.94. The fraction of sp³-hybridized carbons (Fsp3) is 0.0645. The summed E-state index contributed by atoms with van der Waals surface area (Å²) in [7, 11) is 0. The zero-order valence-electron chi connectivity index (χ0n) is 35.4. The van der Waals surface area contributed by atoms with Crippen LogP contribution in [0.5, 0.6) is 0 Å². The van der Waals surface area contributed by atoms with E-state index in [0.29, 0.717) is 11.8 Å². The molecule has 0 spiro atoms. The van der Waals surface area contributed by atoms with Gasteiger partial charge in [0.1, 0.15) is 0 Å². The normalized spacial score (nSPS) is 16.0. The molecular formula is C62H44N2. The average molecular weight is 817 g/mol.